The maximum Gasteiger partial charge on any atom is 0.239 e. The molecular formula is C26H21N2+. The zero-order valence-electron chi connectivity index (χ0n) is 16.1. The van der Waals surface area contributed by atoms with Crippen molar-refractivity contribution in [3.8, 4) is 22.4 Å². The Hall–Kier alpha value is -3.52. The molecule has 0 amide bonds. The third-order valence-electron chi connectivity index (χ3n) is 5.52. The normalized spacial score (nSPS) is 11.2. The van der Waals surface area contributed by atoms with Crippen molar-refractivity contribution in [1.82, 2.24) is 5.10 Å². The Morgan fingerprint density at radius 3 is 2.32 bits per heavy atom. The minimum atomic E-state index is 1.12. The SMILES string of the molecule is Cc1ccc(-c2ccc3c(ccc4ccccc43)c2)cc1-c1cccn[n+]1C. The fraction of sp³-hybridized carbons (Fsp3) is 0.0769. The second kappa shape index (κ2) is 6.58. The quantitative estimate of drug-likeness (QED) is 0.284. The molecular weight excluding hydrogens is 340 g/mol. The number of hydrogen-bond donors (Lipinski definition) is 0. The lowest BCUT2D eigenvalue weighted by atomic mass is 9.94. The number of aryl methyl sites for hydroxylation is 2. The van der Waals surface area contributed by atoms with Gasteiger partial charge in [0.1, 0.15) is 0 Å². The van der Waals surface area contributed by atoms with Gasteiger partial charge in [0, 0.05) is 6.07 Å². The molecule has 1 heterocycles. The van der Waals surface area contributed by atoms with E-state index in [0.29, 0.717) is 0 Å². The fourth-order valence-electron chi connectivity index (χ4n) is 3.98. The van der Waals surface area contributed by atoms with E-state index in [4.69, 9.17) is 0 Å². The van der Waals surface area contributed by atoms with Gasteiger partial charge in [-0.3, -0.25) is 0 Å². The van der Waals surface area contributed by atoms with Crippen molar-refractivity contribution in [2.45, 2.75) is 6.92 Å². The van der Waals surface area contributed by atoms with Crippen molar-refractivity contribution >= 4 is 21.5 Å². The second-order valence-corrected chi connectivity index (χ2v) is 7.28. The lowest BCUT2D eigenvalue weighted by molar-refractivity contribution is -0.720. The molecule has 0 bridgehead atoms. The maximum atomic E-state index is 4.39. The highest BCUT2D eigenvalue weighted by Crippen LogP contribution is 2.32. The largest absolute Gasteiger partial charge is 0.239 e. The summed E-state index contributed by atoms with van der Waals surface area (Å²) >= 11 is 0. The van der Waals surface area contributed by atoms with E-state index in [1.54, 1.807) is 0 Å². The fourth-order valence-corrected chi connectivity index (χ4v) is 3.98. The summed E-state index contributed by atoms with van der Waals surface area (Å²) in [6, 6.07) is 30.5. The van der Waals surface area contributed by atoms with Crippen molar-refractivity contribution in [1.29, 1.82) is 0 Å². The summed E-state index contributed by atoms with van der Waals surface area (Å²) in [4.78, 5) is 0. The third kappa shape index (κ3) is 2.74. The molecule has 1 aromatic heterocycles. The van der Waals surface area contributed by atoms with Crippen LogP contribution in [0.25, 0.3) is 43.9 Å². The van der Waals surface area contributed by atoms with Crippen molar-refractivity contribution in [3.05, 3.63) is 96.7 Å². The van der Waals surface area contributed by atoms with Gasteiger partial charge in [0.05, 0.1) is 11.8 Å². The van der Waals surface area contributed by atoms with E-state index in [1.165, 1.54) is 43.8 Å². The molecule has 4 aromatic carbocycles. The molecule has 0 aliphatic rings. The van der Waals surface area contributed by atoms with Gasteiger partial charge in [0.25, 0.3) is 0 Å². The van der Waals surface area contributed by atoms with Gasteiger partial charge in [-0.15, -0.1) is 0 Å². The van der Waals surface area contributed by atoms with E-state index < -0.39 is 0 Å². The first-order chi connectivity index (χ1) is 13.7. The highest BCUT2D eigenvalue weighted by Gasteiger charge is 2.14. The maximum absolute atomic E-state index is 4.39. The average Bonchev–Trinajstić information content (AvgIpc) is 2.74. The van der Waals surface area contributed by atoms with Crippen LogP contribution >= 0.6 is 0 Å². The number of aromatic nitrogens is 2. The van der Waals surface area contributed by atoms with Crippen LogP contribution in [0.2, 0.25) is 0 Å². The van der Waals surface area contributed by atoms with Gasteiger partial charge < -0.3 is 0 Å². The molecule has 134 valence electrons. The molecule has 0 radical (unpaired) electrons. The van der Waals surface area contributed by atoms with Crippen LogP contribution in [0.3, 0.4) is 0 Å². The monoisotopic (exact) mass is 361 g/mol. The van der Waals surface area contributed by atoms with Gasteiger partial charge in [-0.25, -0.2) is 0 Å². The predicted molar refractivity (Wildman–Crippen MR) is 116 cm³/mol. The Kier molecular flexibility index (Phi) is 3.91. The average molecular weight is 361 g/mol. The number of hydrogen-bond acceptors (Lipinski definition) is 1. The molecule has 0 unspecified atom stereocenters. The molecule has 0 N–H and O–H groups in total. The second-order valence-electron chi connectivity index (χ2n) is 7.28. The lowest BCUT2D eigenvalue weighted by Crippen LogP contribution is -2.35. The summed E-state index contributed by atoms with van der Waals surface area (Å²) < 4.78 is 1.93. The van der Waals surface area contributed by atoms with Crippen molar-refractivity contribution in [2.24, 2.45) is 7.05 Å². The molecule has 2 heteroatoms. The molecule has 2 nitrogen and oxygen atoms in total. The van der Waals surface area contributed by atoms with Gasteiger partial charge in [-0.1, -0.05) is 65.3 Å². The highest BCUT2D eigenvalue weighted by molar-refractivity contribution is 6.08. The van der Waals surface area contributed by atoms with Crippen LogP contribution in [-0.4, -0.2) is 5.10 Å². The first kappa shape index (κ1) is 16.6. The Morgan fingerprint density at radius 1 is 0.679 bits per heavy atom. The minimum Gasteiger partial charge on any atom is -0.0865 e. The molecule has 5 rings (SSSR count). The standard InChI is InChI=1S/C26H21N2/c1-18-9-10-21(17-25(18)26-8-5-15-27-28(26)2)20-13-14-24-22(16-20)12-11-19-6-3-4-7-23(19)24/h3-17H,1-2H3/q+1. The summed E-state index contributed by atoms with van der Waals surface area (Å²) in [5.74, 6) is 0. The van der Waals surface area contributed by atoms with E-state index in [1.807, 2.05) is 24.0 Å². The number of benzene rings is 4. The summed E-state index contributed by atoms with van der Waals surface area (Å²) in [7, 11) is 1.99. The van der Waals surface area contributed by atoms with Crippen LogP contribution in [-0.2, 0) is 7.05 Å². The Bertz CT molecular complexity index is 1340. The highest BCUT2D eigenvalue weighted by atomic mass is 15.2. The van der Waals surface area contributed by atoms with Gasteiger partial charge in [0.15, 0.2) is 7.05 Å². The first-order valence-corrected chi connectivity index (χ1v) is 9.55. The topological polar surface area (TPSA) is 16.8 Å². The number of fused-ring (bicyclic) bond motifs is 3. The molecule has 0 aliphatic carbocycles. The third-order valence-corrected chi connectivity index (χ3v) is 5.52. The minimum absolute atomic E-state index is 1.12. The molecule has 28 heavy (non-hydrogen) atoms. The van der Waals surface area contributed by atoms with Crippen LogP contribution in [0.5, 0.6) is 0 Å². The van der Waals surface area contributed by atoms with Crippen LogP contribution in [0, 0.1) is 6.92 Å². The predicted octanol–water partition coefficient (Wildman–Crippen LogP) is 5.85. The Morgan fingerprint density at radius 2 is 1.43 bits per heavy atom. The zero-order valence-corrected chi connectivity index (χ0v) is 16.1. The molecule has 5 aromatic rings. The molecule has 0 aliphatic heterocycles. The molecule has 0 saturated heterocycles. The van der Waals surface area contributed by atoms with Gasteiger partial charge in [-0.2, -0.15) is 0 Å². The van der Waals surface area contributed by atoms with Crippen molar-refractivity contribution in [2.75, 3.05) is 0 Å². The van der Waals surface area contributed by atoms with Gasteiger partial charge in [0.2, 0.25) is 5.69 Å². The van der Waals surface area contributed by atoms with Crippen molar-refractivity contribution < 1.29 is 4.68 Å². The van der Waals surface area contributed by atoms with Crippen molar-refractivity contribution in [3.63, 3.8) is 0 Å². The summed E-state index contributed by atoms with van der Waals surface area (Å²) in [5, 5.41) is 9.54. The smallest absolute Gasteiger partial charge is 0.0865 e. The number of nitrogens with zero attached hydrogens (tertiary/aromatic N) is 2. The summed E-state index contributed by atoms with van der Waals surface area (Å²) in [6.07, 6.45) is 1.82. The Balaban J connectivity index is 1.67. The van der Waals surface area contributed by atoms with Gasteiger partial charge >= 0.3 is 0 Å². The molecule has 0 spiro atoms. The molecule has 0 fully saturated rings. The number of rotatable bonds is 2. The van der Waals surface area contributed by atoms with Gasteiger partial charge in [-0.05, 0) is 68.5 Å². The zero-order chi connectivity index (χ0) is 19.1. The summed E-state index contributed by atoms with van der Waals surface area (Å²) in [6.45, 7) is 2.15. The van der Waals surface area contributed by atoms with E-state index in [0.717, 1.165) is 5.69 Å². The van der Waals surface area contributed by atoms with Crippen LogP contribution < -0.4 is 4.68 Å². The van der Waals surface area contributed by atoms with E-state index >= 15 is 0 Å². The first-order valence-electron chi connectivity index (χ1n) is 9.55. The van der Waals surface area contributed by atoms with E-state index in [-0.39, 0.29) is 0 Å². The Labute approximate surface area is 164 Å². The van der Waals surface area contributed by atoms with Crippen LogP contribution in [0.4, 0.5) is 0 Å². The molecule has 0 atom stereocenters. The van der Waals surface area contributed by atoms with Crippen LogP contribution in [0.1, 0.15) is 5.56 Å². The van der Waals surface area contributed by atoms with E-state index in [9.17, 15) is 0 Å². The lowest BCUT2D eigenvalue weighted by Gasteiger charge is -2.10. The van der Waals surface area contributed by atoms with E-state index in [2.05, 4.69) is 90.9 Å². The molecule has 0 saturated carbocycles. The summed E-state index contributed by atoms with van der Waals surface area (Å²) in [5.41, 5.74) is 6.04. The van der Waals surface area contributed by atoms with Crippen LogP contribution in [0.15, 0.2) is 91.1 Å².